The van der Waals surface area contributed by atoms with Crippen LogP contribution < -0.4 is 10.6 Å². The summed E-state index contributed by atoms with van der Waals surface area (Å²) in [7, 11) is 2.11. The number of carbonyl (C=O) groups is 1. The number of carbonyl (C=O) groups excluding carboxylic acids is 1. The second-order valence-electron chi connectivity index (χ2n) is 5.88. The van der Waals surface area contributed by atoms with E-state index in [1.54, 1.807) is 17.5 Å². The molecule has 0 saturated heterocycles. The highest BCUT2D eigenvalue weighted by molar-refractivity contribution is 7.15. The minimum absolute atomic E-state index is 0.205. The Morgan fingerprint density at radius 2 is 2.24 bits per heavy atom. The number of rotatable bonds is 3. The summed E-state index contributed by atoms with van der Waals surface area (Å²) in [6.45, 7) is 1.96. The Morgan fingerprint density at radius 1 is 1.43 bits per heavy atom. The molecule has 6 heteroatoms. The van der Waals surface area contributed by atoms with Gasteiger partial charge in [0.05, 0.1) is 5.69 Å². The largest absolute Gasteiger partial charge is 0.324 e. The van der Waals surface area contributed by atoms with Crippen molar-refractivity contribution < 1.29 is 4.79 Å². The number of nitrogens with one attached hydrogen (secondary N) is 2. The van der Waals surface area contributed by atoms with Crippen molar-refractivity contribution in [2.45, 2.75) is 38.6 Å². The lowest BCUT2D eigenvalue weighted by Crippen LogP contribution is -2.25. The highest BCUT2D eigenvalue weighted by Crippen LogP contribution is 2.27. The van der Waals surface area contributed by atoms with Crippen LogP contribution in [0.1, 0.15) is 36.3 Å². The van der Waals surface area contributed by atoms with E-state index in [-0.39, 0.29) is 6.03 Å². The van der Waals surface area contributed by atoms with Crippen LogP contribution in [0.15, 0.2) is 12.3 Å². The minimum Gasteiger partial charge on any atom is -0.315 e. The Labute approximate surface area is 129 Å². The number of allylic oxidation sites excluding steroid dienone is 1. The summed E-state index contributed by atoms with van der Waals surface area (Å²) in [5.41, 5.74) is 1.13. The van der Waals surface area contributed by atoms with Crippen LogP contribution >= 0.6 is 11.3 Å². The fourth-order valence-electron chi connectivity index (χ4n) is 2.92. The van der Waals surface area contributed by atoms with E-state index < -0.39 is 0 Å². The molecule has 2 amide bonds. The highest BCUT2D eigenvalue weighted by atomic mass is 32.1. The minimum atomic E-state index is -0.205. The predicted octanol–water partition coefficient (Wildman–Crippen LogP) is 2.96. The predicted molar refractivity (Wildman–Crippen MR) is 85.4 cm³/mol. The normalized spacial score (nSPS) is 19.9. The van der Waals surface area contributed by atoms with Gasteiger partial charge in [0.1, 0.15) is 0 Å². The third kappa shape index (κ3) is 3.83. The van der Waals surface area contributed by atoms with Crippen LogP contribution in [0.5, 0.6) is 0 Å². The lowest BCUT2D eigenvalue weighted by molar-refractivity contribution is 0.255. The van der Waals surface area contributed by atoms with Crippen molar-refractivity contribution in [2.75, 3.05) is 18.9 Å². The van der Waals surface area contributed by atoms with Crippen LogP contribution in [0.4, 0.5) is 9.93 Å². The zero-order valence-electron chi connectivity index (χ0n) is 12.4. The average molecular weight is 306 g/mol. The zero-order valence-corrected chi connectivity index (χ0v) is 13.2. The van der Waals surface area contributed by atoms with Gasteiger partial charge >= 0.3 is 6.03 Å². The lowest BCUT2D eigenvalue weighted by atomic mass is 10.1. The molecule has 1 saturated carbocycles. The number of amides is 2. The Balaban J connectivity index is 1.50. The van der Waals surface area contributed by atoms with Gasteiger partial charge in [-0.1, -0.05) is 18.9 Å². The van der Waals surface area contributed by atoms with E-state index in [2.05, 4.69) is 33.6 Å². The zero-order chi connectivity index (χ0) is 14.7. The quantitative estimate of drug-likeness (QED) is 0.902. The van der Waals surface area contributed by atoms with Gasteiger partial charge in [0.15, 0.2) is 5.13 Å². The highest BCUT2D eigenvalue weighted by Gasteiger charge is 2.19. The number of hydrogen-bond donors (Lipinski definition) is 2. The van der Waals surface area contributed by atoms with Gasteiger partial charge in [0.25, 0.3) is 0 Å². The summed E-state index contributed by atoms with van der Waals surface area (Å²) < 4.78 is 0. The second-order valence-corrected chi connectivity index (χ2v) is 6.96. The number of hydrogen-bond acceptors (Lipinski definition) is 4. The van der Waals surface area contributed by atoms with Crippen molar-refractivity contribution in [3.05, 3.63) is 22.8 Å². The molecule has 1 aromatic heterocycles. The maximum Gasteiger partial charge on any atom is 0.324 e. The molecule has 1 aliphatic heterocycles. The van der Waals surface area contributed by atoms with Gasteiger partial charge in [-0.3, -0.25) is 5.32 Å². The summed E-state index contributed by atoms with van der Waals surface area (Å²) in [5, 5.41) is 6.30. The number of aromatic nitrogens is 1. The number of fused-ring (bicyclic) bond motifs is 1. The van der Waals surface area contributed by atoms with E-state index in [0.717, 1.165) is 25.2 Å². The van der Waals surface area contributed by atoms with Crippen LogP contribution in [0.2, 0.25) is 0 Å². The van der Waals surface area contributed by atoms with Crippen LogP contribution in [0.25, 0.3) is 0 Å². The molecule has 2 aliphatic rings. The summed E-state index contributed by atoms with van der Waals surface area (Å²) in [4.78, 5) is 19.9. The first-order chi connectivity index (χ1) is 10.2. The Bertz CT molecular complexity index is 534. The van der Waals surface area contributed by atoms with Crippen LogP contribution in [-0.2, 0) is 13.0 Å². The topological polar surface area (TPSA) is 57.3 Å². The molecule has 21 heavy (non-hydrogen) atoms. The SMILES string of the molecule is CN1CCc2nc(NC(=O)N/C=C/C3CCCC3)sc2C1. The fourth-order valence-corrected chi connectivity index (χ4v) is 4.00. The van der Waals surface area contributed by atoms with Crippen molar-refractivity contribution in [2.24, 2.45) is 5.92 Å². The Kier molecular flexibility index (Phi) is 4.55. The first-order valence-electron chi connectivity index (χ1n) is 7.62. The molecule has 0 atom stereocenters. The molecule has 0 aromatic carbocycles. The number of urea groups is 1. The lowest BCUT2D eigenvalue weighted by Gasteiger charge is -2.20. The van der Waals surface area contributed by atoms with E-state index in [1.807, 2.05) is 0 Å². The number of likely N-dealkylation sites (N-methyl/N-ethyl adjacent to an activating group) is 1. The van der Waals surface area contributed by atoms with Crippen molar-refractivity contribution in [1.82, 2.24) is 15.2 Å². The Morgan fingerprint density at radius 3 is 3.05 bits per heavy atom. The van der Waals surface area contributed by atoms with Gasteiger partial charge in [-0.2, -0.15) is 0 Å². The molecule has 3 rings (SSSR count). The molecule has 1 aliphatic carbocycles. The summed E-state index contributed by atoms with van der Waals surface area (Å²) in [6, 6.07) is -0.205. The second kappa shape index (κ2) is 6.58. The first kappa shape index (κ1) is 14.5. The van der Waals surface area contributed by atoms with Crippen molar-refractivity contribution in [1.29, 1.82) is 0 Å². The molecular formula is C15H22N4OS. The molecule has 1 fully saturated rings. The summed E-state index contributed by atoms with van der Waals surface area (Å²) >= 11 is 1.58. The van der Waals surface area contributed by atoms with Gasteiger partial charge < -0.3 is 10.2 Å². The molecule has 1 aromatic rings. The number of thiazole rings is 1. The first-order valence-corrected chi connectivity index (χ1v) is 8.43. The van der Waals surface area contributed by atoms with E-state index >= 15 is 0 Å². The van der Waals surface area contributed by atoms with Gasteiger partial charge in [-0.15, -0.1) is 11.3 Å². The number of anilines is 1. The molecule has 2 heterocycles. The van der Waals surface area contributed by atoms with Crippen molar-refractivity contribution in [3.63, 3.8) is 0 Å². The fraction of sp³-hybridized carbons (Fsp3) is 0.600. The van der Waals surface area contributed by atoms with E-state index in [1.165, 1.54) is 30.6 Å². The summed E-state index contributed by atoms with van der Waals surface area (Å²) in [5.74, 6) is 0.632. The van der Waals surface area contributed by atoms with Crippen LogP contribution in [0.3, 0.4) is 0 Å². The van der Waals surface area contributed by atoms with Gasteiger partial charge in [0, 0.05) is 30.6 Å². The Hall–Kier alpha value is -1.40. The maximum absolute atomic E-state index is 11.8. The number of nitrogens with zero attached hydrogens (tertiary/aromatic N) is 2. The van der Waals surface area contributed by atoms with Crippen LogP contribution in [-0.4, -0.2) is 29.5 Å². The van der Waals surface area contributed by atoms with E-state index in [9.17, 15) is 4.79 Å². The van der Waals surface area contributed by atoms with E-state index in [0.29, 0.717) is 11.0 Å². The van der Waals surface area contributed by atoms with Crippen molar-refractivity contribution in [3.8, 4) is 0 Å². The monoisotopic (exact) mass is 306 g/mol. The third-order valence-corrected chi connectivity index (χ3v) is 5.12. The molecule has 0 unspecified atom stereocenters. The smallest absolute Gasteiger partial charge is 0.315 e. The molecule has 0 spiro atoms. The third-order valence-electron chi connectivity index (χ3n) is 4.13. The molecule has 5 nitrogen and oxygen atoms in total. The molecular weight excluding hydrogens is 284 g/mol. The van der Waals surface area contributed by atoms with Gasteiger partial charge in [0.2, 0.25) is 0 Å². The maximum atomic E-state index is 11.8. The van der Waals surface area contributed by atoms with Gasteiger partial charge in [-0.25, -0.2) is 9.78 Å². The van der Waals surface area contributed by atoms with Crippen molar-refractivity contribution >= 4 is 22.5 Å². The molecule has 0 bridgehead atoms. The van der Waals surface area contributed by atoms with Gasteiger partial charge in [-0.05, 0) is 25.8 Å². The van der Waals surface area contributed by atoms with Crippen LogP contribution in [0, 0.1) is 5.92 Å². The molecule has 114 valence electrons. The standard InChI is InChI=1S/C15H22N4OS/c1-19-9-7-12-13(10-19)21-15(17-12)18-14(20)16-8-6-11-4-2-3-5-11/h6,8,11H,2-5,7,9-10H2,1H3,(H2,16,17,18,20)/b8-6+. The molecule has 2 N–H and O–H groups in total. The molecule has 0 radical (unpaired) electrons. The average Bonchev–Trinajstić information content (AvgIpc) is 3.07. The summed E-state index contributed by atoms with van der Waals surface area (Å²) in [6.07, 6.45) is 9.94. The van der Waals surface area contributed by atoms with E-state index in [4.69, 9.17) is 0 Å².